The number of carbonyl (C=O) groups excluding carboxylic acids is 1. The van der Waals surface area contributed by atoms with E-state index in [1.165, 1.54) is 12.8 Å². The minimum absolute atomic E-state index is 0.113. The molecule has 2 bridgehead atoms. The fourth-order valence-electron chi connectivity index (χ4n) is 4.12. The van der Waals surface area contributed by atoms with Crippen LogP contribution < -0.4 is 15.4 Å². The first-order chi connectivity index (χ1) is 11.8. The normalized spacial score (nSPS) is 28.9. The Labute approximate surface area is 143 Å². The molecule has 1 aromatic rings. The van der Waals surface area contributed by atoms with E-state index < -0.39 is 0 Å². The minimum atomic E-state index is -0.113. The molecule has 1 saturated carbocycles. The number of rotatable bonds is 5. The molecule has 4 rings (SSSR count). The highest BCUT2D eigenvalue weighted by Crippen LogP contribution is 2.34. The van der Waals surface area contributed by atoms with Gasteiger partial charge >= 0.3 is 6.03 Å². The fraction of sp³-hybridized carbons (Fsp3) is 0.632. The summed E-state index contributed by atoms with van der Waals surface area (Å²) >= 11 is 0. The van der Waals surface area contributed by atoms with Crippen LogP contribution in [0.4, 0.5) is 4.79 Å². The smallest absolute Gasteiger partial charge is 0.315 e. The van der Waals surface area contributed by atoms with Gasteiger partial charge in [-0.1, -0.05) is 12.1 Å². The molecule has 0 radical (unpaired) electrons. The third kappa shape index (κ3) is 3.66. The molecule has 130 valence electrons. The van der Waals surface area contributed by atoms with Crippen molar-refractivity contribution in [2.24, 2.45) is 0 Å². The molecule has 3 aliphatic rings. The van der Waals surface area contributed by atoms with Crippen LogP contribution in [-0.4, -0.2) is 30.4 Å². The summed E-state index contributed by atoms with van der Waals surface area (Å²) in [7, 11) is 0. The zero-order valence-corrected chi connectivity index (χ0v) is 14.0. The summed E-state index contributed by atoms with van der Waals surface area (Å²) in [4.78, 5) is 12.1. The van der Waals surface area contributed by atoms with Gasteiger partial charge in [-0.2, -0.15) is 0 Å². The summed E-state index contributed by atoms with van der Waals surface area (Å²) in [5, 5.41) is 5.99. The molecule has 5 heteroatoms. The Morgan fingerprint density at radius 1 is 1.21 bits per heavy atom. The van der Waals surface area contributed by atoms with Crippen molar-refractivity contribution in [3.05, 3.63) is 29.8 Å². The van der Waals surface area contributed by atoms with Gasteiger partial charge in [0.15, 0.2) is 0 Å². The number of nitrogens with one attached hydrogen (secondary N) is 2. The number of amides is 2. The third-order valence-electron chi connectivity index (χ3n) is 5.38. The highest BCUT2D eigenvalue weighted by atomic mass is 16.5. The van der Waals surface area contributed by atoms with E-state index in [4.69, 9.17) is 9.47 Å². The minimum Gasteiger partial charge on any atom is -0.490 e. The molecule has 0 spiro atoms. The van der Waals surface area contributed by atoms with Gasteiger partial charge in [-0.3, -0.25) is 0 Å². The number of fused-ring (bicyclic) bond motifs is 2. The standard InChI is InChI=1S/C19H26N2O3/c22-19(21-17-11-16-8-9-18(17)24-16)20-12-13-4-3-7-15(10-13)23-14-5-1-2-6-14/h3-4,7,10,14,16-18H,1-2,5-6,8-9,11-12H2,(H2,20,21,22)/t16-,17-,18-/m1/s1. The van der Waals surface area contributed by atoms with E-state index in [0.29, 0.717) is 18.8 Å². The number of benzene rings is 1. The van der Waals surface area contributed by atoms with Crippen LogP contribution in [0, 0.1) is 0 Å². The molecule has 2 heterocycles. The molecule has 2 saturated heterocycles. The average molecular weight is 330 g/mol. The van der Waals surface area contributed by atoms with Gasteiger partial charge in [0.05, 0.1) is 24.4 Å². The highest BCUT2D eigenvalue weighted by Gasteiger charge is 2.41. The molecule has 1 aliphatic carbocycles. The maximum Gasteiger partial charge on any atom is 0.315 e. The molecular formula is C19H26N2O3. The molecule has 2 amide bonds. The summed E-state index contributed by atoms with van der Waals surface area (Å²) in [5.41, 5.74) is 1.06. The highest BCUT2D eigenvalue weighted by molar-refractivity contribution is 5.74. The van der Waals surface area contributed by atoms with Crippen molar-refractivity contribution in [1.82, 2.24) is 10.6 Å². The van der Waals surface area contributed by atoms with Gasteiger partial charge < -0.3 is 20.1 Å². The molecule has 0 aromatic heterocycles. The summed E-state index contributed by atoms with van der Waals surface area (Å²) < 4.78 is 11.8. The Hall–Kier alpha value is -1.75. The lowest BCUT2D eigenvalue weighted by Crippen LogP contribution is -2.46. The molecular weight excluding hydrogens is 304 g/mol. The number of hydrogen-bond acceptors (Lipinski definition) is 3. The predicted octanol–water partition coefficient (Wildman–Crippen LogP) is 3.13. The average Bonchev–Trinajstić information content (AvgIpc) is 3.31. The van der Waals surface area contributed by atoms with Crippen LogP contribution in [0.5, 0.6) is 5.75 Å². The lowest BCUT2D eigenvalue weighted by atomic mass is 9.96. The van der Waals surface area contributed by atoms with Crippen molar-refractivity contribution in [1.29, 1.82) is 0 Å². The first-order valence-electron chi connectivity index (χ1n) is 9.22. The van der Waals surface area contributed by atoms with Gasteiger partial charge in [-0.25, -0.2) is 4.79 Å². The van der Waals surface area contributed by atoms with Crippen molar-refractivity contribution >= 4 is 6.03 Å². The topological polar surface area (TPSA) is 59.6 Å². The van der Waals surface area contributed by atoms with Gasteiger partial charge in [-0.15, -0.1) is 0 Å². The van der Waals surface area contributed by atoms with E-state index in [9.17, 15) is 4.79 Å². The second kappa shape index (κ2) is 7.01. The van der Waals surface area contributed by atoms with Crippen molar-refractivity contribution in [2.75, 3.05) is 0 Å². The van der Waals surface area contributed by atoms with Gasteiger partial charge in [0.25, 0.3) is 0 Å². The van der Waals surface area contributed by atoms with Crippen LogP contribution in [0.15, 0.2) is 24.3 Å². The second-order valence-corrected chi connectivity index (χ2v) is 7.21. The summed E-state index contributed by atoms with van der Waals surface area (Å²) in [6.45, 7) is 0.509. The Bertz CT molecular complexity index is 586. The molecule has 0 unspecified atom stereocenters. The first kappa shape index (κ1) is 15.8. The Kier molecular flexibility index (Phi) is 4.60. The van der Waals surface area contributed by atoms with Crippen molar-refractivity contribution in [3.8, 4) is 5.75 Å². The van der Waals surface area contributed by atoms with Gasteiger partial charge in [0.2, 0.25) is 0 Å². The Balaban J connectivity index is 1.25. The predicted molar refractivity (Wildman–Crippen MR) is 91.0 cm³/mol. The summed E-state index contributed by atoms with van der Waals surface area (Å²) in [6, 6.07) is 8.08. The van der Waals surface area contributed by atoms with Crippen molar-refractivity contribution in [2.45, 2.75) is 75.8 Å². The van der Waals surface area contributed by atoms with E-state index in [-0.39, 0.29) is 18.2 Å². The number of hydrogen-bond donors (Lipinski definition) is 2. The van der Waals surface area contributed by atoms with Crippen LogP contribution in [0.2, 0.25) is 0 Å². The van der Waals surface area contributed by atoms with Crippen LogP contribution in [0.3, 0.4) is 0 Å². The van der Waals surface area contributed by atoms with E-state index in [1.807, 2.05) is 24.3 Å². The van der Waals surface area contributed by atoms with Crippen molar-refractivity contribution in [3.63, 3.8) is 0 Å². The maximum atomic E-state index is 12.1. The zero-order chi connectivity index (χ0) is 16.4. The molecule has 3 atom stereocenters. The molecule has 1 aromatic carbocycles. The van der Waals surface area contributed by atoms with Crippen LogP contribution in [0.25, 0.3) is 0 Å². The SMILES string of the molecule is O=C(NCc1cccc(OC2CCCC2)c1)N[C@@H]1C[C@H]2CC[C@H]1O2. The number of urea groups is 1. The lowest BCUT2D eigenvalue weighted by Gasteiger charge is -2.20. The van der Waals surface area contributed by atoms with Crippen molar-refractivity contribution < 1.29 is 14.3 Å². The van der Waals surface area contributed by atoms with E-state index >= 15 is 0 Å². The van der Waals surface area contributed by atoms with Crippen LogP contribution >= 0.6 is 0 Å². The van der Waals surface area contributed by atoms with E-state index in [2.05, 4.69) is 10.6 Å². The van der Waals surface area contributed by atoms with Crippen LogP contribution in [0.1, 0.15) is 50.5 Å². The summed E-state index contributed by atoms with van der Waals surface area (Å²) in [6.07, 6.45) is 8.89. The summed E-state index contributed by atoms with van der Waals surface area (Å²) in [5.74, 6) is 0.906. The molecule has 2 aliphatic heterocycles. The maximum absolute atomic E-state index is 12.1. The molecule has 3 fully saturated rings. The number of carbonyl (C=O) groups is 1. The zero-order valence-electron chi connectivity index (χ0n) is 14.0. The van der Waals surface area contributed by atoms with Crippen LogP contribution in [-0.2, 0) is 11.3 Å². The quantitative estimate of drug-likeness (QED) is 0.872. The first-order valence-corrected chi connectivity index (χ1v) is 9.22. The molecule has 24 heavy (non-hydrogen) atoms. The molecule has 2 N–H and O–H groups in total. The lowest BCUT2D eigenvalue weighted by molar-refractivity contribution is 0.0981. The molecule has 5 nitrogen and oxygen atoms in total. The van der Waals surface area contributed by atoms with Gasteiger partial charge in [-0.05, 0) is 62.6 Å². The number of ether oxygens (including phenoxy) is 2. The largest absolute Gasteiger partial charge is 0.490 e. The van der Waals surface area contributed by atoms with Gasteiger partial charge in [0, 0.05) is 6.54 Å². The Morgan fingerprint density at radius 2 is 2.08 bits per heavy atom. The third-order valence-corrected chi connectivity index (χ3v) is 5.38. The Morgan fingerprint density at radius 3 is 2.83 bits per heavy atom. The monoisotopic (exact) mass is 330 g/mol. The second-order valence-electron chi connectivity index (χ2n) is 7.21. The van der Waals surface area contributed by atoms with Gasteiger partial charge in [0.1, 0.15) is 5.75 Å². The van der Waals surface area contributed by atoms with E-state index in [0.717, 1.165) is 43.4 Å². The fourth-order valence-corrected chi connectivity index (χ4v) is 4.12. The van der Waals surface area contributed by atoms with E-state index in [1.54, 1.807) is 0 Å².